The minimum atomic E-state index is 0.0152. The van der Waals surface area contributed by atoms with E-state index in [2.05, 4.69) is 44.5 Å². The van der Waals surface area contributed by atoms with Crippen molar-refractivity contribution in [3.05, 3.63) is 24.0 Å². The van der Waals surface area contributed by atoms with Crippen LogP contribution < -0.4 is 10.5 Å². The number of ether oxygens (including phenoxy) is 1. The molecule has 0 fully saturated rings. The molecule has 0 saturated carbocycles. The smallest absolute Gasteiger partial charge is 0.137 e. The molecule has 0 aliphatic heterocycles. The molecule has 0 aliphatic carbocycles. The molecule has 0 amide bonds. The lowest BCUT2D eigenvalue weighted by Crippen LogP contribution is -2.39. The van der Waals surface area contributed by atoms with Crippen molar-refractivity contribution in [3.8, 4) is 5.75 Å². The van der Waals surface area contributed by atoms with Gasteiger partial charge in [-0.3, -0.25) is 9.88 Å². The van der Waals surface area contributed by atoms with E-state index in [1.54, 1.807) is 6.20 Å². The first-order chi connectivity index (χ1) is 9.45. The SMILES string of the molecule is CC[C@H](N)c1ccc(OCCN(C(C)C)C(C)C)cn1. The molecule has 2 N–H and O–H groups in total. The quantitative estimate of drug-likeness (QED) is 0.795. The number of nitrogens with zero attached hydrogens (tertiary/aromatic N) is 2. The zero-order chi connectivity index (χ0) is 15.1. The van der Waals surface area contributed by atoms with Gasteiger partial charge in [0.15, 0.2) is 0 Å². The first-order valence-corrected chi connectivity index (χ1v) is 7.55. The Morgan fingerprint density at radius 2 is 1.85 bits per heavy atom. The summed E-state index contributed by atoms with van der Waals surface area (Å²) in [5, 5.41) is 0. The highest BCUT2D eigenvalue weighted by atomic mass is 16.5. The lowest BCUT2D eigenvalue weighted by Gasteiger charge is -2.30. The van der Waals surface area contributed by atoms with E-state index in [0.29, 0.717) is 18.7 Å². The minimum absolute atomic E-state index is 0.0152. The standard InChI is InChI=1S/C16H29N3O/c1-6-15(17)16-8-7-14(11-18-16)20-10-9-19(12(2)3)13(4)5/h7-8,11-13,15H,6,9-10,17H2,1-5H3/t15-/m0/s1. The van der Waals surface area contributed by atoms with Crippen molar-refractivity contribution in [1.82, 2.24) is 9.88 Å². The van der Waals surface area contributed by atoms with Crippen molar-refractivity contribution in [2.24, 2.45) is 5.73 Å². The molecule has 20 heavy (non-hydrogen) atoms. The van der Waals surface area contributed by atoms with E-state index in [1.165, 1.54) is 0 Å². The van der Waals surface area contributed by atoms with Crippen LogP contribution >= 0.6 is 0 Å². The van der Waals surface area contributed by atoms with Crippen LogP contribution in [0.15, 0.2) is 18.3 Å². The van der Waals surface area contributed by atoms with Crippen LogP contribution in [0.2, 0.25) is 0 Å². The van der Waals surface area contributed by atoms with Gasteiger partial charge in [0, 0.05) is 24.7 Å². The third-order valence-electron chi connectivity index (χ3n) is 3.52. The molecule has 0 radical (unpaired) electrons. The van der Waals surface area contributed by atoms with E-state index in [1.807, 2.05) is 12.1 Å². The molecular weight excluding hydrogens is 250 g/mol. The number of nitrogens with two attached hydrogens (primary N) is 1. The third kappa shape index (κ3) is 5.10. The van der Waals surface area contributed by atoms with Gasteiger partial charge in [0.05, 0.1) is 11.9 Å². The van der Waals surface area contributed by atoms with Crippen molar-refractivity contribution in [2.45, 2.75) is 59.2 Å². The number of rotatable bonds is 8. The van der Waals surface area contributed by atoms with Crippen LogP contribution in [0.25, 0.3) is 0 Å². The molecule has 0 bridgehead atoms. The second kappa shape index (κ2) is 8.22. The van der Waals surface area contributed by atoms with Crippen LogP contribution in [-0.2, 0) is 0 Å². The van der Waals surface area contributed by atoms with E-state index in [9.17, 15) is 0 Å². The molecule has 1 heterocycles. The summed E-state index contributed by atoms with van der Waals surface area (Å²) in [6.45, 7) is 12.5. The van der Waals surface area contributed by atoms with E-state index < -0.39 is 0 Å². The van der Waals surface area contributed by atoms with Gasteiger partial charge in [-0.15, -0.1) is 0 Å². The summed E-state index contributed by atoms with van der Waals surface area (Å²) in [4.78, 5) is 6.77. The van der Waals surface area contributed by atoms with Crippen molar-refractivity contribution < 1.29 is 4.74 Å². The molecular formula is C16H29N3O. The normalized spacial score (nSPS) is 13.2. The van der Waals surface area contributed by atoms with Gasteiger partial charge in [-0.25, -0.2) is 0 Å². The Morgan fingerprint density at radius 3 is 2.30 bits per heavy atom. The molecule has 0 saturated heterocycles. The van der Waals surface area contributed by atoms with Crippen LogP contribution in [0.1, 0.15) is 52.8 Å². The Balaban J connectivity index is 2.46. The first-order valence-electron chi connectivity index (χ1n) is 7.55. The van der Waals surface area contributed by atoms with Gasteiger partial charge >= 0.3 is 0 Å². The number of pyridine rings is 1. The Morgan fingerprint density at radius 1 is 1.20 bits per heavy atom. The van der Waals surface area contributed by atoms with Crippen LogP contribution in [0, 0.1) is 0 Å². The predicted octanol–water partition coefficient (Wildman–Crippen LogP) is 2.99. The predicted molar refractivity (Wildman–Crippen MR) is 83.9 cm³/mol. The van der Waals surface area contributed by atoms with Gasteiger partial charge in [-0.1, -0.05) is 6.92 Å². The molecule has 1 atom stereocenters. The molecule has 4 heteroatoms. The van der Waals surface area contributed by atoms with Gasteiger partial charge in [0.1, 0.15) is 12.4 Å². The van der Waals surface area contributed by atoms with E-state index in [-0.39, 0.29) is 6.04 Å². The van der Waals surface area contributed by atoms with Crippen LogP contribution in [0.5, 0.6) is 5.75 Å². The summed E-state index contributed by atoms with van der Waals surface area (Å²) in [5.74, 6) is 0.810. The second-order valence-corrected chi connectivity index (χ2v) is 5.71. The number of hydrogen-bond acceptors (Lipinski definition) is 4. The largest absolute Gasteiger partial charge is 0.491 e. The molecule has 0 unspecified atom stereocenters. The molecule has 114 valence electrons. The summed E-state index contributed by atoms with van der Waals surface area (Å²) in [6.07, 6.45) is 2.66. The highest BCUT2D eigenvalue weighted by molar-refractivity contribution is 5.21. The molecule has 0 aliphatic rings. The van der Waals surface area contributed by atoms with Crippen molar-refractivity contribution in [1.29, 1.82) is 0 Å². The lowest BCUT2D eigenvalue weighted by atomic mass is 10.1. The van der Waals surface area contributed by atoms with Crippen molar-refractivity contribution >= 4 is 0 Å². The van der Waals surface area contributed by atoms with Crippen molar-refractivity contribution in [2.75, 3.05) is 13.2 Å². The highest BCUT2D eigenvalue weighted by Gasteiger charge is 2.13. The summed E-state index contributed by atoms with van der Waals surface area (Å²) in [7, 11) is 0. The molecule has 0 spiro atoms. The van der Waals surface area contributed by atoms with E-state index >= 15 is 0 Å². The summed E-state index contributed by atoms with van der Waals surface area (Å²) in [6, 6.07) is 4.98. The van der Waals surface area contributed by atoms with E-state index in [4.69, 9.17) is 10.5 Å². The monoisotopic (exact) mass is 279 g/mol. The summed E-state index contributed by atoms with van der Waals surface area (Å²) >= 11 is 0. The summed E-state index contributed by atoms with van der Waals surface area (Å²) < 4.78 is 5.76. The van der Waals surface area contributed by atoms with Gasteiger partial charge < -0.3 is 10.5 Å². The lowest BCUT2D eigenvalue weighted by molar-refractivity contribution is 0.142. The van der Waals surface area contributed by atoms with Gasteiger partial charge in [-0.2, -0.15) is 0 Å². The van der Waals surface area contributed by atoms with Crippen LogP contribution in [0.4, 0.5) is 0 Å². The average Bonchev–Trinajstić information content (AvgIpc) is 2.42. The highest BCUT2D eigenvalue weighted by Crippen LogP contribution is 2.15. The fourth-order valence-corrected chi connectivity index (χ4v) is 2.29. The van der Waals surface area contributed by atoms with Crippen LogP contribution in [0.3, 0.4) is 0 Å². The zero-order valence-electron chi connectivity index (χ0n) is 13.5. The maximum Gasteiger partial charge on any atom is 0.137 e. The maximum atomic E-state index is 5.94. The summed E-state index contributed by atoms with van der Waals surface area (Å²) in [5.41, 5.74) is 6.86. The Hall–Kier alpha value is -1.13. The molecule has 4 nitrogen and oxygen atoms in total. The second-order valence-electron chi connectivity index (χ2n) is 5.71. The van der Waals surface area contributed by atoms with Crippen molar-refractivity contribution in [3.63, 3.8) is 0 Å². The third-order valence-corrected chi connectivity index (χ3v) is 3.52. The minimum Gasteiger partial charge on any atom is -0.491 e. The Kier molecular flexibility index (Phi) is 6.96. The topological polar surface area (TPSA) is 51.4 Å². The fourth-order valence-electron chi connectivity index (χ4n) is 2.29. The average molecular weight is 279 g/mol. The van der Waals surface area contributed by atoms with Gasteiger partial charge in [-0.05, 0) is 46.2 Å². The molecule has 0 aromatic carbocycles. The molecule has 1 aromatic rings. The fraction of sp³-hybridized carbons (Fsp3) is 0.688. The zero-order valence-corrected chi connectivity index (χ0v) is 13.5. The van der Waals surface area contributed by atoms with Crippen LogP contribution in [-0.4, -0.2) is 35.1 Å². The Bertz CT molecular complexity index is 368. The Labute approximate surface area is 123 Å². The number of hydrogen-bond donors (Lipinski definition) is 1. The first kappa shape index (κ1) is 16.9. The maximum absolute atomic E-state index is 5.94. The van der Waals surface area contributed by atoms with Gasteiger partial charge in [0.25, 0.3) is 0 Å². The number of aromatic nitrogens is 1. The van der Waals surface area contributed by atoms with Gasteiger partial charge in [0.2, 0.25) is 0 Å². The molecule has 1 rings (SSSR count). The molecule has 1 aromatic heterocycles. The van der Waals surface area contributed by atoms with E-state index in [0.717, 1.165) is 24.4 Å².